The van der Waals surface area contributed by atoms with Gasteiger partial charge in [-0.1, -0.05) is 101 Å². The van der Waals surface area contributed by atoms with Crippen molar-refractivity contribution < 1.29 is 4.57 Å². The monoisotopic (exact) mass is 376 g/mol. The second-order valence-electron chi connectivity index (χ2n) is 7.88. The standard InChI is InChI=1S/C20H32N.3C2H6/c1-9-10-16(19(2,3)4)11-12-18-15-17(20(5,6)7)13-14-21(18)8;3*1-2/h9-11,13-15H,12H2,1-8H3;3*1-2H3/q+1;;;/b10-9-,16-11+;;;. The molecule has 0 N–H and O–H groups in total. The molecule has 0 amide bonds. The van der Waals surface area contributed by atoms with Crippen molar-refractivity contribution in [3.05, 3.63) is 53.4 Å². The molecule has 1 heterocycles. The lowest BCUT2D eigenvalue weighted by atomic mass is 9.84. The van der Waals surface area contributed by atoms with Crippen LogP contribution in [0.3, 0.4) is 0 Å². The van der Waals surface area contributed by atoms with Gasteiger partial charge in [0.05, 0.1) is 6.42 Å². The molecular weight excluding hydrogens is 326 g/mol. The van der Waals surface area contributed by atoms with Gasteiger partial charge in [-0.2, -0.15) is 0 Å². The normalized spacial score (nSPS) is 11.6. The maximum atomic E-state index is 2.36. The Morgan fingerprint density at radius 1 is 0.926 bits per heavy atom. The molecule has 0 spiro atoms. The van der Waals surface area contributed by atoms with Gasteiger partial charge in [0.1, 0.15) is 7.05 Å². The molecule has 27 heavy (non-hydrogen) atoms. The van der Waals surface area contributed by atoms with Crippen molar-refractivity contribution in [2.45, 2.75) is 102 Å². The second-order valence-corrected chi connectivity index (χ2v) is 7.88. The Bertz CT molecular complexity index is 534. The topological polar surface area (TPSA) is 3.88 Å². The molecule has 0 saturated heterocycles. The van der Waals surface area contributed by atoms with E-state index in [-0.39, 0.29) is 10.8 Å². The Kier molecular flexibility index (Phi) is 17.6. The van der Waals surface area contributed by atoms with Crippen molar-refractivity contribution in [3.63, 3.8) is 0 Å². The largest absolute Gasteiger partial charge is 0.205 e. The minimum absolute atomic E-state index is 0.187. The third kappa shape index (κ3) is 12.6. The van der Waals surface area contributed by atoms with Gasteiger partial charge in [-0.05, 0) is 28.9 Å². The minimum atomic E-state index is 0.187. The van der Waals surface area contributed by atoms with Gasteiger partial charge in [-0.25, -0.2) is 4.57 Å². The van der Waals surface area contributed by atoms with Crippen molar-refractivity contribution in [1.29, 1.82) is 0 Å². The highest BCUT2D eigenvalue weighted by molar-refractivity contribution is 5.27. The maximum Gasteiger partial charge on any atom is 0.185 e. The molecule has 1 rings (SSSR count). The fraction of sp³-hybridized carbons (Fsp3) is 0.654. The highest BCUT2D eigenvalue weighted by Crippen LogP contribution is 2.27. The second kappa shape index (κ2) is 15.7. The lowest BCUT2D eigenvalue weighted by Crippen LogP contribution is -2.34. The van der Waals surface area contributed by atoms with E-state index in [0.717, 1.165) is 6.42 Å². The van der Waals surface area contributed by atoms with E-state index in [1.54, 1.807) is 0 Å². The first-order chi connectivity index (χ1) is 12.6. The van der Waals surface area contributed by atoms with E-state index >= 15 is 0 Å². The quantitative estimate of drug-likeness (QED) is 0.372. The van der Waals surface area contributed by atoms with Crippen LogP contribution >= 0.6 is 0 Å². The zero-order valence-electron chi connectivity index (χ0n) is 21.1. The van der Waals surface area contributed by atoms with E-state index in [1.165, 1.54) is 16.8 Å². The minimum Gasteiger partial charge on any atom is -0.205 e. The predicted octanol–water partition coefficient (Wildman–Crippen LogP) is 7.98. The summed E-state index contributed by atoms with van der Waals surface area (Å²) in [5, 5.41) is 0. The molecule has 1 heteroatoms. The lowest BCUT2D eigenvalue weighted by Gasteiger charge is -2.21. The zero-order valence-corrected chi connectivity index (χ0v) is 21.1. The third-order valence-corrected chi connectivity index (χ3v) is 3.86. The lowest BCUT2D eigenvalue weighted by molar-refractivity contribution is -0.678. The van der Waals surface area contributed by atoms with E-state index in [9.17, 15) is 0 Å². The van der Waals surface area contributed by atoms with E-state index in [0.29, 0.717) is 0 Å². The molecule has 0 aliphatic rings. The van der Waals surface area contributed by atoms with Crippen LogP contribution in [0.5, 0.6) is 0 Å². The average Bonchev–Trinajstić information content (AvgIpc) is 2.63. The molecular formula is C26H50N+. The van der Waals surface area contributed by atoms with Crippen LogP contribution < -0.4 is 4.57 Å². The summed E-state index contributed by atoms with van der Waals surface area (Å²) in [6.45, 7) is 27.7. The van der Waals surface area contributed by atoms with E-state index in [2.05, 4.69) is 96.6 Å². The van der Waals surface area contributed by atoms with Gasteiger partial charge < -0.3 is 0 Å². The SMILES string of the molecule is C/C=C\C(=C/Cc1cc(C(C)(C)C)cc[n+]1C)C(C)(C)C.CC.CC.CC. The summed E-state index contributed by atoms with van der Waals surface area (Å²) in [6, 6.07) is 4.57. The van der Waals surface area contributed by atoms with Crippen molar-refractivity contribution in [2.75, 3.05) is 0 Å². The molecule has 0 bridgehead atoms. The molecule has 0 aliphatic heterocycles. The molecule has 1 aromatic heterocycles. The van der Waals surface area contributed by atoms with Crippen LogP contribution in [-0.4, -0.2) is 0 Å². The van der Waals surface area contributed by atoms with Crippen LogP contribution in [0.2, 0.25) is 0 Å². The number of aryl methyl sites for hydroxylation is 1. The Morgan fingerprint density at radius 2 is 1.41 bits per heavy atom. The van der Waals surface area contributed by atoms with Crippen LogP contribution in [0.1, 0.15) is 101 Å². The van der Waals surface area contributed by atoms with Gasteiger partial charge >= 0.3 is 0 Å². The van der Waals surface area contributed by atoms with Crippen LogP contribution in [0, 0.1) is 5.41 Å². The van der Waals surface area contributed by atoms with Crippen molar-refractivity contribution in [1.82, 2.24) is 0 Å². The van der Waals surface area contributed by atoms with E-state index < -0.39 is 0 Å². The molecule has 0 radical (unpaired) electrons. The fourth-order valence-corrected chi connectivity index (χ4v) is 2.31. The fourth-order valence-electron chi connectivity index (χ4n) is 2.31. The summed E-state index contributed by atoms with van der Waals surface area (Å²) in [5.41, 5.74) is 4.53. The number of pyridine rings is 1. The highest BCUT2D eigenvalue weighted by Gasteiger charge is 2.18. The predicted molar refractivity (Wildman–Crippen MR) is 126 cm³/mol. The van der Waals surface area contributed by atoms with Crippen molar-refractivity contribution in [3.8, 4) is 0 Å². The summed E-state index contributed by atoms with van der Waals surface area (Å²) >= 11 is 0. The van der Waals surface area contributed by atoms with Crippen molar-refractivity contribution in [2.24, 2.45) is 12.5 Å². The van der Waals surface area contributed by atoms with E-state index in [4.69, 9.17) is 0 Å². The Morgan fingerprint density at radius 3 is 1.78 bits per heavy atom. The average molecular weight is 377 g/mol. The number of hydrogen-bond acceptors (Lipinski definition) is 0. The van der Waals surface area contributed by atoms with Crippen LogP contribution in [0.4, 0.5) is 0 Å². The van der Waals surface area contributed by atoms with Gasteiger partial charge in [0.15, 0.2) is 11.9 Å². The first-order valence-electron chi connectivity index (χ1n) is 10.9. The first kappa shape index (κ1) is 30.4. The summed E-state index contributed by atoms with van der Waals surface area (Å²) in [7, 11) is 2.13. The molecule has 0 unspecified atom stereocenters. The number of nitrogens with zero attached hydrogens (tertiary/aromatic N) is 1. The first-order valence-corrected chi connectivity index (χ1v) is 10.9. The number of allylic oxidation sites excluding steroid dienone is 4. The zero-order chi connectivity index (χ0) is 22.3. The van der Waals surface area contributed by atoms with Crippen LogP contribution in [-0.2, 0) is 18.9 Å². The summed E-state index contributed by atoms with van der Waals surface area (Å²) < 4.78 is 2.22. The Hall–Kier alpha value is -1.37. The van der Waals surface area contributed by atoms with Gasteiger partial charge in [-0.15, -0.1) is 0 Å². The van der Waals surface area contributed by atoms with Crippen molar-refractivity contribution >= 4 is 0 Å². The molecule has 0 atom stereocenters. The molecule has 0 aliphatic carbocycles. The summed E-state index contributed by atoms with van der Waals surface area (Å²) in [6.07, 6.45) is 9.87. The Labute approximate surface area is 172 Å². The van der Waals surface area contributed by atoms with Crippen LogP contribution in [0.15, 0.2) is 42.1 Å². The van der Waals surface area contributed by atoms with Gasteiger partial charge in [0.2, 0.25) is 0 Å². The highest BCUT2D eigenvalue weighted by atomic mass is 14.9. The number of aromatic nitrogens is 1. The molecule has 0 saturated carbocycles. The van der Waals surface area contributed by atoms with Crippen LogP contribution in [0.25, 0.3) is 0 Å². The number of hydrogen-bond donors (Lipinski definition) is 0. The molecule has 1 nitrogen and oxygen atoms in total. The molecule has 0 aromatic carbocycles. The molecule has 0 fully saturated rings. The summed E-state index contributed by atoms with van der Waals surface area (Å²) in [5.74, 6) is 0. The smallest absolute Gasteiger partial charge is 0.185 e. The summed E-state index contributed by atoms with van der Waals surface area (Å²) in [4.78, 5) is 0. The molecule has 158 valence electrons. The third-order valence-electron chi connectivity index (χ3n) is 3.86. The van der Waals surface area contributed by atoms with E-state index in [1.807, 2.05) is 41.5 Å². The number of rotatable bonds is 3. The van der Waals surface area contributed by atoms with Gasteiger partial charge in [0.25, 0.3) is 0 Å². The van der Waals surface area contributed by atoms with Gasteiger partial charge in [0, 0.05) is 12.1 Å². The molecule has 1 aromatic rings. The maximum absolute atomic E-state index is 2.36. The Balaban J connectivity index is -0.000000869. The van der Waals surface area contributed by atoms with Gasteiger partial charge in [-0.3, -0.25) is 0 Å².